The lowest BCUT2D eigenvalue weighted by molar-refractivity contribution is 0.223. The molecule has 0 atom stereocenters. The summed E-state index contributed by atoms with van der Waals surface area (Å²) < 4.78 is 16.3. The minimum Gasteiger partial charge on any atom is -0.497 e. The van der Waals surface area contributed by atoms with Crippen molar-refractivity contribution in [2.75, 3.05) is 63.0 Å². The van der Waals surface area contributed by atoms with Crippen LogP contribution < -0.4 is 29.7 Å². The van der Waals surface area contributed by atoms with E-state index in [1.807, 2.05) is 24.3 Å². The van der Waals surface area contributed by atoms with E-state index >= 15 is 0 Å². The van der Waals surface area contributed by atoms with Gasteiger partial charge in [-0.05, 0) is 37.4 Å². The Balaban J connectivity index is 1.63. The van der Waals surface area contributed by atoms with E-state index in [9.17, 15) is 4.79 Å². The van der Waals surface area contributed by atoms with E-state index in [1.165, 1.54) is 25.4 Å². The number of carbonyl (C=O) groups is 1. The smallest absolute Gasteiger partial charge is 0.327 e. The maximum atomic E-state index is 12.9. The summed E-state index contributed by atoms with van der Waals surface area (Å²) >= 11 is 6.35. The molecule has 198 valence electrons. The Morgan fingerprint density at radius 3 is 2.38 bits per heavy atom. The zero-order valence-electron chi connectivity index (χ0n) is 21.7. The third-order valence-corrected chi connectivity index (χ3v) is 6.10. The monoisotopic (exact) mass is 528 g/mol. The van der Waals surface area contributed by atoms with E-state index in [4.69, 9.17) is 25.8 Å². The van der Waals surface area contributed by atoms with Crippen LogP contribution >= 0.6 is 11.6 Å². The fourth-order valence-corrected chi connectivity index (χ4v) is 3.68. The number of carbonyl (C=O) groups excluding carboxylic acids is 1. The number of nitrogens with one attached hydrogen (secondary N) is 2. The molecule has 10 nitrogen and oxygen atoms in total. The fraction of sp³-hybridized carbons (Fsp3) is 0.346. The molecule has 37 heavy (non-hydrogen) atoms. The number of methoxy groups -OCH3 is 2. The molecule has 0 radical (unpaired) electrons. The first-order chi connectivity index (χ1) is 17.9. The second kappa shape index (κ2) is 13.5. The number of amides is 2. The molecule has 1 aromatic heterocycles. The average molecular weight is 529 g/mol. The molecule has 0 spiro atoms. The van der Waals surface area contributed by atoms with Gasteiger partial charge in [0.1, 0.15) is 46.8 Å². The number of rotatable bonds is 12. The van der Waals surface area contributed by atoms with Gasteiger partial charge in [0.2, 0.25) is 0 Å². The molecular formula is C26H33ClN6O4. The van der Waals surface area contributed by atoms with Gasteiger partial charge in [-0.15, -0.1) is 0 Å². The molecule has 0 saturated carbocycles. The lowest BCUT2D eigenvalue weighted by atomic mass is 10.2. The SMILES string of the molecule is CCN(CC)CCOc1ccc(Nc2cc(N(C)C(=O)Nc3cc(OC)cc(OC)c3Cl)ncn2)cc1. The summed E-state index contributed by atoms with van der Waals surface area (Å²) in [7, 11) is 4.60. The van der Waals surface area contributed by atoms with Crippen molar-refractivity contribution in [1.29, 1.82) is 0 Å². The topological polar surface area (TPSA) is 101 Å². The van der Waals surface area contributed by atoms with Gasteiger partial charge < -0.3 is 29.7 Å². The number of halogens is 1. The van der Waals surface area contributed by atoms with Crippen LogP contribution in [0.25, 0.3) is 0 Å². The highest BCUT2D eigenvalue weighted by molar-refractivity contribution is 6.35. The molecule has 0 fully saturated rings. The lowest BCUT2D eigenvalue weighted by Crippen LogP contribution is -2.32. The summed E-state index contributed by atoms with van der Waals surface area (Å²) in [6.07, 6.45) is 1.38. The van der Waals surface area contributed by atoms with Crippen LogP contribution in [0.15, 0.2) is 48.8 Å². The van der Waals surface area contributed by atoms with E-state index < -0.39 is 6.03 Å². The molecule has 11 heteroatoms. The van der Waals surface area contributed by atoms with Gasteiger partial charge in [-0.25, -0.2) is 14.8 Å². The summed E-state index contributed by atoms with van der Waals surface area (Å²) in [5.74, 6) is 2.59. The van der Waals surface area contributed by atoms with Gasteiger partial charge in [-0.1, -0.05) is 25.4 Å². The first-order valence-corrected chi connectivity index (χ1v) is 12.3. The Morgan fingerprint density at radius 2 is 1.73 bits per heavy atom. The predicted molar refractivity (Wildman–Crippen MR) is 147 cm³/mol. The van der Waals surface area contributed by atoms with Gasteiger partial charge in [0.15, 0.2) is 0 Å². The number of urea groups is 1. The maximum Gasteiger partial charge on any atom is 0.327 e. The van der Waals surface area contributed by atoms with Crippen LogP contribution in [0.3, 0.4) is 0 Å². The van der Waals surface area contributed by atoms with Gasteiger partial charge in [0.05, 0.1) is 19.9 Å². The number of aromatic nitrogens is 2. The zero-order valence-corrected chi connectivity index (χ0v) is 22.5. The molecule has 2 aromatic carbocycles. The van der Waals surface area contributed by atoms with Crippen molar-refractivity contribution >= 4 is 40.6 Å². The van der Waals surface area contributed by atoms with Gasteiger partial charge in [0, 0.05) is 37.5 Å². The number of anilines is 4. The Morgan fingerprint density at radius 1 is 1.00 bits per heavy atom. The lowest BCUT2D eigenvalue weighted by Gasteiger charge is -2.19. The van der Waals surface area contributed by atoms with E-state index in [2.05, 4.69) is 39.3 Å². The van der Waals surface area contributed by atoms with Gasteiger partial charge >= 0.3 is 6.03 Å². The van der Waals surface area contributed by atoms with E-state index in [0.29, 0.717) is 35.4 Å². The van der Waals surface area contributed by atoms with Crippen molar-refractivity contribution in [2.24, 2.45) is 0 Å². The highest BCUT2D eigenvalue weighted by Crippen LogP contribution is 2.36. The fourth-order valence-electron chi connectivity index (χ4n) is 3.45. The minimum atomic E-state index is -0.451. The van der Waals surface area contributed by atoms with Crippen molar-refractivity contribution in [3.8, 4) is 17.2 Å². The highest BCUT2D eigenvalue weighted by Gasteiger charge is 2.17. The normalized spacial score (nSPS) is 10.7. The molecule has 0 unspecified atom stereocenters. The zero-order chi connectivity index (χ0) is 26.8. The number of ether oxygens (including phenoxy) is 3. The van der Waals surface area contributed by atoms with Crippen molar-refractivity contribution in [2.45, 2.75) is 13.8 Å². The van der Waals surface area contributed by atoms with Crippen LogP contribution in [0.1, 0.15) is 13.8 Å². The number of nitrogens with zero attached hydrogens (tertiary/aromatic N) is 4. The molecule has 0 aliphatic heterocycles. The highest BCUT2D eigenvalue weighted by atomic mass is 35.5. The second-order valence-electron chi connectivity index (χ2n) is 7.97. The Kier molecular flexibility index (Phi) is 10.2. The maximum absolute atomic E-state index is 12.9. The summed E-state index contributed by atoms with van der Waals surface area (Å²) in [5, 5.41) is 6.24. The third-order valence-electron chi connectivity index (χ3n) is 5.71. The predicted octanol–water partition coefficient (Wildman–Crippen LogP) is 5.28. The van der Waals surface area contributed by atoms with Crippen molar-refractivity contribution in [1.82, 2.24) is 14.9 Å². The molecule has 2 amide bonds. The first kappa shape index (κ1) is 27.8. The second-order valence-corrected chi connectivity index (χ2v) is 8.34. The molecule has 2 N–H and O–H groups in total. The van der Waals surface area contributed by atoms with Crippen LogP contribution in [0.2, 0.25) is 5.02 Å². The molecule has 3 rings (SSSR count). The molecule has 0 bridgehead atoms. The Bertz CT molecular complexity index is 1170. The van der Waals surface area contributed by atoms with Crippen molar-refractivity contribution in [3.05, 3.63) is 53.8 Å². The molecule has 3 aromatic rings. The Hall–Kier alpha value is -3.76. The van der Waals surface area contributed by atoms with E-state index in [0.717, 1.165) is 31.1 Å². The first-order valence-electron chi connectivity index (χ1n) is 11.9. The van der Waals surface area contributed by atoms with Crippen LogP contribution in [0, 0.1) is 0 Å². The minimum absolute atomic E-state index is 0.260. The Labute approximate surface area is 222 Å². The summed E-state index contributed by atoms with van der Waals surface area (Å²) in [6.45, 7) is 7.80. The molecule has 0 saturated heterocycles. The molecular weight excluding hydrogens is 496 g/mol. The third kappa shape index (κ3) is 7.61. The average Bonchev–Trinajstić information content (AvgIpc) is 2.92. The van der Waals surface area contributed by atoms with Crippen molar-refractivity contribution in [3.63, 3.8) is 0 Å². The van der Waals surface area contributed by atoms with Gasteiger partial charge in [-0.2, -0.15) is 0 Å². The van der Waals surface area contributed by atoms with Crippen LogP contribution in [-0.4, -0.2) is 68.4 Å². The van der Waals surface area contributed by atoms with E-state index in [-0.39, 0.29) is 5.02 Å². The standard InChI is InChI=1S/C26H33ClN6O4/c1-6-33(7-2)12-13-37-19-10-8-18(9-11-19)30-23-16-24(29-17-28-23)32(3)26(34)31-21-14-20(35-4)15-22(36-5)25(21)27/h8-11,14-17H,6-7,12-13H2,1-5H3,(H,31,34)(H,28,29,30). The van der Waals surface area contributed by atoms with Crippen LogP contribution in [0.5, 0.6) is 17.2 Å². The van der Waals surface area contributed by atoms with Gasteiger partial charge in [-0.3, -0.25) is 4.90 Å². The number of benzene rings is 2. The summed E-state index contributed by atoms with van der Waals surface area (Å²) in [6, 6.07) is 12.1. The number of likely N-dealkylation sites (N-methyl/N-ethyl adjacent to an activating group) is 1. The van der Waals surface area contributed by atoms with E-state index in [1.54, 1.807) is 25.2 Å². The van der Waals surface area contributed by atoms with Crippen molar-refractivity contribution < 1.29 is 19.0 Å². The molecule has 1 heterocycles. The molecule has 0 aliphatic rings. The quantitative estimate of drug-likeness (QED) is 0.327. The largest absolute Gasteiger partial charge is 0.497 e. The number of hydrogen-bond donors (Lipinski definition) is 2. The van der Waals surface area contributed by atoms with Crippen LogP contribution in [0.4, 0.5) is 27.8 Å². The summed E-state index contributed by atoms with van der Waals surface area (Å²) in [4.78, 5) is 25.0. The van der Waals surface area contributed by atoms with Crippen LogP contribution in [-0.2, 0) is 0 Å². The molecule has 0 aliphatic carbocycles. The summed E-state index contributed by atoms with van der Waals surface area (Å²) in [5.41, 5.74) is 1.17. The van der Waals surface area contributed by atoms with Gasteiger partial charge in [0.25, 0.3) is 0 Å². The number of hydrogen-bond acceptors (Lipinski definition) is 8.